The minimum atomic E-state index is -0.894. The van der Waals surface area contributed by atoms with Gasteiger partial charge in [0.25, 0.3) is 5.91 Å². The Morgan fingerprint density at radius 1 is 1.35 bits per heavy atom. The summed E-state index contributed by atoms with van der Waals surface area (Å²) in [4.78, 5) is 11.7. The second-order valence-electron chi connectivity index (χ2n) is 3.52. The number of rotatable bonds is 2. The summed E-state index contributed by atoms with van der Waals surface area (Å²) in [7, 11) is 0. The number of carbonyl (C=O) groups is 1. The summed E-state index contributed by atoms with van der Waals surface area (Å²) < 4.78 is 26.4. The van der Waals surface area contributed by atoms with E-state index in [2.05, 4.69) is 15.5 Å². The zero-order valence-corrected chi connectivity index (χ0v) is 8.92. The van der Waals surface area contributed by atoms with Crippen molar-refractivity contribution >= 4 is 11.6 Å². The van der Waals surface area contributed by atoms with E-state index in [-0.39, 0.29) is 11.1 Å². The molecule has 1 aromatic carbocycles. The molecule has 1 heterocycles. The number of anilines is 1. The van der Waals surface area contributed by atoms with Crippen LogP contribution in [-0.2, 0) is 0 Å². The van der Waals surface area contributed by atoms with E-state index in [1.165, 1.54) is 25.4 Å². The molecule has 0 aliphatic carbocycles. The number of halogens is 2. The number of nitrogens with one attached hydrogen (secondary N) is 2. The van der Waals surface area contributed by atoms with Gasteiger partial charge in [-0.05, 0) is 18.6 Å². The van der Waals surface area contributed by atoms with Crippen LogP contribution in [0.15, 0.2) is 24.5 Å². The second-order valence-corrected chi connectivity index (χ2v) is 3.52. The highest BCUT2D eigenvalue weighted by molar-refractivity contribution is 6.04. The van der Waals surface area contributed by atoms with Crippen LogP contribution >= 0.6 is 0 Å². The lowest BCUT2D eigenvalue weighted by Crippen LogP contribution is -2.14. The van der Waals surface area contributed by atoms with Crippen molar-refractivity contribution in [2.45, 2.75) is 6.92 Å². The van der Waals surface area contributed by atoms with Gasteiger partial charge in [0, 0.05) is 12.3 Å². The van der Waals surface area contributed by atoms with E-state index in [4.69, 9.17) is 0 Å². The van der Waals surface area contributed by atoms with Crippen LogP contribution in [0, 0.1) is 18.6 Å². The Balaban J connectivity index is 2.28. The predicted octanol–water partition coefficient (Wildman–Crippen LogP) is 2.25. The predicted molar refractivity (Wildman–Crippen MR) is 57.6 cm³/mol. The zero-order chi connectivity index (χ0) is 12.4. The van der Waals surface area contributed by atoms with Crippen LogP contribution in [0.4, 0.5) is 14.5 Å². The zero-order valence-electron chi connectivity index (χ0n) is 8.92. The number of H-pyrrole nitrogens is 1. The third-order valence-corrected chi connectivity index (χ3v) is 2.25. The Morgan fingerprint density at radius 3 is 2.76 bits per heavy atom. The van der Waals surface area contributed by atoms with Crippen LogP contribution in [0.3, 0.4) is 0 Å². The van der Waals surface area contributed by atoms with Crippen molar-refractivity contribution in [3.63, 3.8) is 0 Å². The average molecular weight is 237 g/mol. The van der Waals surface area contributed by atoms with Gasteiger partial charge >= 0.3 is 0 Å². The van der Waals surface area contributed by atoms with Crippen LogP contribution < -0.4 is 5.32 Å². The van der Waals surface area contributed by atoms with E-state index in [1.807, 2.05) is 0 Å². The SMILES string of the molecule is Cc1cc(C(=O)Nc2cn[nH]c2)c(F)cc1F. The Bertz CT molecular complexity index is 552. The minimum Gasteiger partial charge on any atom is -0.319 e. The fourth-order valence-electron chi connectivity index (χ4n) is 1.35. The molecule has 0 radical (unpaired) electrons. The fourth-order valence-corrected chi connectivity index (χ4v) is 1.35. The number of carbonyl (C=O) groups excluding carboxylic acids is 1. The second kappa shape index (κ2) is 4.32. The molecule has 0 aliphatic rings. The van der Waals surface area contributed by atoms with Gasteiger partial charge < -0.3 is 5.32 Å². The molecule has 88 valence electrons. The van der Waals surface area contributed by atoms with E-state index in [0.717, 1.165) is 0 Å². The van der Waals surface area contributed by atoms with Gasteiger partial charge in [0.05, 0.1) is 17.4 Å². The molecule has 17 heavy (non-hydrogen) atoms. The van der Waals surface area contributed by atoms with Gasteiger partial charge in [0.15, 0.2) is 0 Å². The highest BCUT2D eigenvalue weighted by Gasteiger charge is 2.14. The van der Waals surface area contributed by atoms with Crippen molar-refractivity contribution in [1.29, 1.82) is 0 Å². The largest absolute Gasteiger partial charge is 0.319 e. The van der Waals surface area contributed by atoms with Crippen molar-refractivity contribution < 1.29 is 13.6 Å². The molecule has 0 aliphatic heterocycles. The summed E-state index contributed by atoms with van der Waals surface area (Å²) in [5.41, 5.74) is 0.422. The Hall–Kier alpha value is -2.24. The molecule has 6 heteroatoms. The fraction of sp³-hybridized carbons (Fsp3) is 0.0909. The smallest absolute Gasteiger partial charge is 0.258 e. The van der Waals surface area contributed by atoms with E-state index >= 15 is 0 Å². The third-order valence-electron chi connectivity index (χ3n) is 2.25. The van der Waals surface area contributed by atoms with Gasteiger partial charge in [-0.25, -0.2) is 8.78 Å². The van der Waals surface area contributed by atoms with Crippen molar-refractivity contribution in [1.82, 2.24) is 10.2 Å². The standard InChI is InChI=1S/C11H9F2N3O/c1-6-2-8(10(13)3-9(6)12)11(17)16-7-4-14-15-5-7/h2-5H,1H3,(H,14,15)(H,16,17). The molecule has 2 N–H and O–H groups in total. The molecule has 0 saturated heterocycles. The number of hydrogen-bond acceptors (Lipinski definition) is 2. The molecule has 0 spiro atoms. The Kier molecular flexibility index (Phi) is 2.86. The van der Waals surface area contributed by atoms with Crippen LogP contribution in [0.1, 0.15) is 15.9 Å². The summed E-state index contributed by atoms with van der Waals surface area (Å²) in [6.07, 6.45) is 2.83. The Labute approximate surface area is 95.7 Å². The lowest BCUT2D eigenvalue weighted by atomic mass is 10.1. The first-order valence-corrected chi connectivity index (χ1v) is 4.83. The molecule has 0 bridgehead atoms. The molecular formula is C11H9F2N3O. The molecule has 0 atom stereocenters. The van der Waals surface area contributed by atoms with Gasteiger partial charge in [-0.2, -0.15) is 5.10 Å². The van der Waals surface area contributed by atoms with Gasteiger partial charge in [0.2, 0.25) is 0 Å². The topological polar surface area (TPSA) is 57.8 Å². The highest BCUT2D eigenvalue weighted by atomic mass is 19.1. The maximum atomic E-state index is 13.4. The minimum absolute atomic E-state index is 0.204. The van der Waals surface area contributed by atoms with Gasteiger partial charge in [-0.1, -0.05) is 0 Å². The number of aryl methyl sites for hydroxylation is 1. The summed E-state index contributed by atoms with van der Waals surface area (Å²) in [5, 5.41) is 8.56. The lowest BCUT2D eigenvalue weighted by Gasteiger charge is -2.05. The van der Waals surface area contributed by atoms with Crippen LogP contribution in [0.25, 0.3) is 0 Å². The van der Waals surface area contributed by atoms with Crippen molar-refractivity contribution in [3.8, 4) is 0 Å². The number of benzene rings is 1. The van der Waals surface area contributed by atoms with E-state index in [0.29, 0.717) is 11.8 Å². The Morgan fingerprint density at radius 2 is 2.12 bits per heavy atom. The van der Waals surface area contributed by atoms with Crippen molar-refractivity contribution in [3.05, 3.63) is 47.3 Å². The summed E-state index contributed by atoms with van der Waals surface area (Å²) in [6.45, 7) is 1.46. The first kappa shape index (κ1) is 11.3. The first-order chi connectivity index (χ1) is 8.08. The van der Waals surface area contributed by atoms with Crippen LogP contribution in [-0.4, -0.2) is 16.1 Å². The van der Waals surface area contributed by atoms with Crippen LogP contribution in [0.5, 0.6) is 0 Å². The molecule has 1 amide bonds. The van der Waals surface area contributed by atoms with E-state index in [9.17, 15) is 13.6 Å². The van der Waals surface area contributed by atoms with E-state index in [1.54, 1.807) is 0 Å². The molecule has 0 fully saturated rings. The van der Waals surface area contributed by atoms with Gasteiger partial charge in [-0.3, -0.25) is 9.89 Å². The summed E-state index contributed by atoms with van der Waals surface area (Å²) >= 11 is 0. The first-order valence-electron chi connectivity index (χ1n) is 4.83. The number of amides is 1. The van der Waals surface area contributed by atoms with Crippen LogP contribution in [0.2, 0.25) is 0 Å². The lowest BCUT2D eigenvalue weighted by molar-refractivity contribution is 0.102. The number of hydrogen-bond donors (Lipinski definition) is 2. The molecule has 4 nitrogen and oxygen atoms in total. The summed E-state index contributed by atoms with van der Waals surface area (Å²) in [5.74, 6) is -2.22. The van der Waals surface area contributed by atoms with Crippen molar-refractivity contribution in [2.75, 3.05) is 5.32 Å². The monoisotopic (exact) mass is 237 g/mol. The molecule has 2 rings (SSSR count). The number of nitrogens with zero attached hydrogens (tertiary/aromatic N) is 1. The quantitative estimate of drug-likeness (QED) is 0.841. The third kappa shape index (κ3) is 2.30. The average Bonchev–Trinajstić information content (AvgIpc) is 2.76. The number of aromatic nitrogens is 2. The van der Waals surface area contributed by atoms with Crippen molar-refractivity contribution in [2.24, 2.45) is 0 Å². The maximum Gasteiger partial charge on any atom is 0.258 e. The normalized spacial score (nSPS) is 10.3. The highest BCUT2D eigenvalue weighted by Crippen LogP contribution is 2.15. The van der Waals surface area contributed by atoms with E-state index < -0.39 is 17.5 Å². The van der Waals surface area contributed by atoms with Gasteiger partial charge in [0.1, 0.15) is 11.6 Å². The number of aromatic amines is 1. The summed E-state index contributed by atoms with van der Waals surface area (Å²) in [6, 6.07) is 1.86. The molecular weight excluding hydrogens is 228 g/mol. The molecule has 0 saturated carbocycles. The van der Waals surface area contributed by atoms with Gasteiger partial charge in [-0.15, -0.1) is 0 Å². The molecule has 0 unspecified atom stereocenters. The molecule has 2 aromatic rings. The maximum absolute atomic E-state index is 13.4. The molecule has 1 aromatic heterocycles.